The maximum atomic E-state index is 15.8. The molecule has 5 aromatic rings. The van der Waals surface area contributed by atoms with E-state index >= 15 is 4.39 Å². The normalized spacial score (nSPS) is 16.3. The SMILES string of the molecule is CON=C(C(=O)N[C@@H]1C(=O)N2C(C(=O)OCc3ccc(OC)cc3)=C(C[n+]3ccc4ccn(Cc5c(F)cc(C(N)=NC(=O)OC(C)(C)C)cc5Cl)c4c3)CS[C@H]12)c1nc(NC(=O)OC(C)(C)C)sc1Cl. The lowest BCUT2D eigenvalue weighted by Crippen LogP contribution is -2.71. The number of thiazole rings is 1. The van der Waals surface area contributed by atoms with Crippen molar-refractivity contribution in [1.82, 2.24) is 19.8 Å². The van der Waals surface area contributed by atoms with Gasteiger partial charge in [0.15, 0.2) is 29.8 Å². The molecule has 1 fully saturated rings. The van der Waals surface area contributed by atoms with E-state index < -0.39 is 58.4 Å². The monoisotopic (exact) mass is 1050 g/mol. The van der Waals surface area contributed by atoms with Crippen LogP contribution in [0.4, 0.5) is 19.1 Å². The summed E-state index contributed by atoms with van der Waals surface area (Å²) in [6.45, 7) is 10.1. The van der Waals surface area contributed by atoms with E-state index in [-0.39, 0.29) is 74.0 Å². The number of thioether (sulfide) groups is 1. The van der Waals surface area contributed by atoms with Gasteiger partial charge in [-0.2, -0.15) is 9.56 Å². The van der Waals surface area contributed by atoms with E-state index in [1.54, 1.807) is 76.6 Å². The van der Waals surface area contributed by atoms with Gasteiger partial charge in [-0.3, -0.25) is 19.8 Å². The molecule has 0 radical (unpaired) electrons. The number of fused-ring (bicyclic) bond motifs is 2. The summed E-state index contributed by atoms with van der Waals surface area (Å²) in [6, 6.07) is 12.1. The Balaban J connectivity index is 1.13. The summed E-state index contributed by atoms with van der Waals surface area (Å²) in [6.07, 6.45) is 3.68. The summed E-state index contributed by atoms with van der Waals surface area (Å²) >= 11 is 15.3. The van der Waals surface area contributed by atoms with Crippen LogP contribution in [0.15, 0.2) is 88.5 Å². The van der Waals surface area contributed by atoms with Crippen LogP contribution in [0.2, 0.25) is 9.36 Å². The summed E-state index contributed by atoms with van der Waals surface area (Å²) in [4.78, 5) is 81.1. The predicted molar refractivity (Wildman–Crippen MR) is 265 cm³/mol. The van der Waals surface area contributed by atoms with Crippen molar-refractivity contribution in [3.8, 4) is 5.75 Å². The van der Waals surface area contributed by atoms with Crippen molar-refractivity contribution in [2.75, 3.05) is 25.3 Å². The largest absolute Gasteiger partial charge is 0.497 e. The van der Waals surface area contributed by atoms with Gasteiger partial charge in [-0.15, -0.1) is 11.8 Å². The Hall–Kier alpha value is -6.75. The van der Waals surface area contributed by atoms with Crippen LogP contribution in [0.5, 0.6) is 5.75 Å². The fourth-order valence-corrected chi connectivity index (χ4v) is 9.90. The number of anilines is 1. The summed E-state index contributed by atoms with van der Waals surface area (Å²) < 4.78 is 40.9. The van der Waals surface area contributed by atoms with Crippen molar-refractivity contribution in [2.24, 2.45) is 15.9 Å². The minimum absolute atomic E-state index is 0.00698. The minimum atomic E-state index is -1.13. The number of methoxy groups -OCH3 is 1. The minimum Gasteiger partial charge on any atom is -0.497 e. The number of oxime groups is 1. The van der Waals surface area contributed by atoms with Crippen molar-refractivity contribution >= 4 is 104 Å². The molecule has 71 heavy (non-hydrogen) atoms. The highest BCUT2D eigenvalue weighted by molar-refractivity contribution is 8.00. The molecule has 24 heteroatoms. The second-order valence-electron chi connectivity index (χ2n) is 17.9. The zero-order chi connectivity index (χ0) is 51.5. The lowest BCUT2D eigenvalue weighted by atomic mass is 10.0. The molecule has 0 unspecified atom stereocenters. The molecule has 7 rings (SSSR count). The van der Waals surface area contributed by atoms with Gasteiger partial charge in [-0.05, 0) is 77.4 Å². The molecule has 4 amide bonds. The van der Waals surface area contributed by atoms with Crippen LogP contribution in [0.25, 0.3) is 10.9 Å². The Labute approximate surface area is 425 Å². The van der Waals surface area contributed by atoms with Crippen molar-refractivity contribution in [3.63, 3.8) is 0 Å². The molecule has 2 aromatic carbocycles. The van der Waals surface area contributed by atoms with E-state index in [2.05, 4.69) is 25.8 Å². The first-order valence-electron chi connectivity index (χ1n) is 21.6. The van der Waals surface area contributed by atoms with Crippen LogP contribution in [0.1, 0.15) is 63.9 Å². The molecule has 2 aliphatic rings. The van der Waals surface area contributed by atoms with E-state index in [0.29, 0.717) is 22.4 Å². The van der Waals surface area contributed by atoms with E-state index in [1.807, 2.05) is 29.1 Å². The molecule has 3 aromatic heterocycles. The van der Waals surface area contributed by atoms with E-state index in [9.17, 15) is 24.0 Å². The Bertz CT molecular complexity index is 3000. The van der Waals surface area contributed by atoms with Gasteiger partial charge in [0.1, 0.15) is 75.0 Å². The number of hydrogen-bond donors (Lipinski definition) is 3. The Kier molecular flexibility index (Phi) is 15.6. The van der Waals surface area contributed by atoms with E-state index in [1.165, 1.54) is 36.9 Å². The number of benzene rings is 2. The van der Waals surface area contributed by atoms with Crippen molar-refractivity contribution in [3.05, 3.63) is 116 Å². The molecule has 4 N–H and O–H groups in total. The van der Waals surface area contributed by atoms with Crippen LogP contribution in [-0.2, 0) is 53.1 Å². The first-order chi connectivity index (χ1) is 33.5. The van der Waals surface area contributed by atoms with Gasteiger partial charge < -0.3 is 39.4 Å². The van der Waals surface area contributed by atoms with Crippen molar-refractivity contribution in [1.29, 1.82) is 0 Å². The molecule has 2 atom stereocenters. The first-order valence-corrected chi connectivity index (χ1v) is 24.2. The molecule has 1 saturated heterocycles. The summed E-state index contributed by atoms with van der Waals surface area (Å²) in [5.41, 5.74) is 6.09. The number of amides is 4. The zero-order valence-corrected chi connectivity index (χ0v) is 42.8. The number of carbonyl (C=O) groups excluding carboxylic acids is 5. The number of β-lactam (4-membered cyclic amide) rings is 1. The Morgan fingerprint density at radius 3 is 2.39 bits per heavy atom. The average molecular weight is 1050 g/mol. The molecule has 2 aliphatic heterocycles. The van der Waals surface area contributed by atoms with Crippen LogP contribution in [-0.4, -0.2) is 98.6 Å². The maximum Gasteiger partial charge on any atom is 0.436 e. The quantitative estimate of drug-likeness (QED) is 0.0188. The average Bonchev–Trinajstić information content (AvgIpc) is 3.87. The molecule has 0 saturated carbocycles. The fourth-order valence-electron chi connectivity index (χ4n) is 7.26. The van der Waals surface area contributed by atoms with Crippen LogP contribution < -0.4 is 25.7 Å². The second kappa shape index (κ2) is 21.3. The van der Waals surface area contributed by atoms with E-state index in [0.717, 1.165) is 22.8 Å². The number of rotatable bonds is 14. The van der Waals surface area contributed by atoms with Gasteiger partial charge in [-0.25, -0.2) is 23.8 Å². The lowest BCUT2D eigenvalue weighted by Gasteiger charge is -2.49. The van der Waals surface area contributed by atoms with E-state index in [4.69, 9.17) is 52.7 Å². The summed E-state index contributed by atoms with van der Waals surface area (Å²) in [7, 11) is 2.75. The van der Waals surface area contributed by atoms with Crippen molar-refractivity contribution < 1.29 is 56.7 Å². The number of hydrogen-bond acceptors (Lipinski definition) is 14. The predicted octanol–water partition coefficient (Wildman–Crippen LogP) is 7.32. The highest BCUT2D eigenvalue weighted by Gasteiger charge is 2.55. The number of halogens is 3. The zero-order valence-electron chi connectivity index (χ0n) is 39.6. The highest BCUT2D eigenvalue weighted by atomic mass is 35.5. The van der Waals surface area contributed by atoms with Crippen molar-refractivity contribution in [2.45, 2.75) is 83.9 Å². The third-order valence-electron chi connectivity index (χ3n) is 10.4. The van der Waals surface area contributed by atoms with Gasteiger partial charge in [0.25, 0.3) is 11.8 Å². The number of amidine groups is 1. The maximum absolute atomic E-state index is 15.8. The Morgan fingerprint density at radius 1 is 1.01 bits per heavy atom. The van der Waals surface area contributed by atoms with Crippen LogP contribution >= 0.6 is 46.3 Å². The van der Waals surface area contributed by atoms with Gasteiger partial charge in [-0.1, -0.05) is 51.8 Å². The number of nitrogens with one attached hydrogen (secondary N) is 2. The number of pyridine rings is 1. The summed E-state index contributed by atoms with van der Waals surface area (Å²) in [5.74, 6) is -2.32. The number of nitrogens with two attached hydrogens (primary N) is 1. The smallest absolute Gasteiger partial charge is 0.436 e. The first kappa shape index (κ1) is 52.1. The van der Waals surface area contributed by atoms with Gasteiger partial charge >= 0.3 is 18.2 Å². The second-order valence-corrected chi connectivity index (χ2v) is 21.0. The third kappa shape index (κ3) is 12.4. The number of esters is 1. The Morgan fingerprint density at radius 2 is 1.73 bits per heavy atom. The molecule has 19 nitrogen and oxygen atoms in total. The third-order valence-corrected chi connectivity index (χ3v) is 13.2. The number of aromatic nitrogens is 3. The fraction of sp³-hybridized carbons (Fsp3) is 0.340. The lowest BCUT2D eigenvalue weighted by molar-refractivity contribution is -0.687. The molecule has 374 valence electrons. The number of aliphatic imine (C=N–C) groups is 1. The number of nitrogens with zero attached hydrogens (tertiary/aromatic N) is 6. The molecule has 5 heterocycles. The van der Waals surface area contributed by atoms with Crippen LogP contribution in [0.3, 0.4) is 0 Å². The summed E-state index contributed by atoms with van der Waals surface area (Å²) in [5, 5.41) is 9.16. The standard InChI is InChI=1S/C47H48Cl2FN9O10S2/c1-46(2,3)68-44(63)54-38(51)26-17-30(48)29(31(50)18-26)20-58-16-14-25-13-15-57(21-32(25)58)19-27-23-70-41-35(40(61)59(41)36(27)42(62)67-22-24-9-11-28(65-7)12-10-24)52-39(60)34(56-66-8)33-37(49)71-43(53-33)55-45(64)69-47(4,5)6/h9-18,21,35,41H,19-20,22-23H2,1-8H3,(H3-,51,52,53,54,55,60,63,64)/p+1/t35-,41-/m1/s1. The topological polar surface area (TPSA) is 231 Å². The van der Waals surface area contributed by atoms with Gasteiger partial charge in [0, 0.05) is 45.1 Å². The van der Waals surface area contributed by atoms with Gasteiger partial charge in [0.2, 0.25) is 0 Å². The molecule has 0 spiro atoms. The molecular weight excluding hydrogens is 1000 g/mol. The van der Waals surface area contributed by atoms with Gasteiger partial charge in [0.05, 0.1) is 13.7 Å². The molecule has 0 bridgehead atoms. The highest BCUT2D eigenvalue weighted by Crippen LogP contribution is 2.41. The molecule has 0 aliphatic carbocycles. The molecular formula is C47H49Cl2FN9O10S2+. The number of carbonyl (C=O) groups is 5. The number of ether oxygens (including phenoxy) is 4. The van der Waals surface area contributed by atoms with Crippen LogP contribution in [0, 0.1) is 5.82 Å².